The van der Waals surface area contributed by atoms with Gasteiger partial charge in [0, 0.05) is 12.2 Å². The molecular weight excluding hydrogens is 180 g/mol. The van der Waals surface area contributed by atoms with Gasteiger partial charge in [-0.05, 0) is 24.6 Å². The van der Waals surface area contributed by atoms with E-state index in [0.717, 1.165) is 18.5 Å². The zero-order valence-electron chi connectivity index (χ0n) is 7.58. The Hall–Kier alpha value is -1.09. The summed E-state index contributed by atoms with van der Waals surface area (Å²) >= 11 is 1.68. The third-order valence-electron chi connectivity index (χ3n) is 1.91. The van der Waals surface area contributed by atoms with Crippen molar-refractivity contribution in [3.8, 4) is 0 Å². The number of hydrogen-bond acceptors (Lipinski definition) is 3. The molecule has 0 saturated heterocycles. The van der Waals surface area contributed by atoms with Gasteiger partial charge in [-0.15, -0.1) is 11.3 Å². The minimum atomic E-state index is 1.03. The maximum absolute atomic E-state index is 4.23. The van der Waals surface area contributed by atoms with Crippen LogP contribution in [0.1, 0.15) is 13.3 Å². The fourth-order valence-electron chi connectivity index (χ4n) is 1.23. The topological polar surface area (TPSA) is 24.9 Å². The van der Waals surface area contributed by atoms with Gasteiger partial charge in [0.25, 0.3) is 0 Å². The molecule has 1 N–H and O–H groups in total. The van der Waals surface area contributed by atoms with E-state index in [0.29, 0.717) is 0 Å². The molecule has 0 unspecified atom stereocenters. The first-order chi connectivity index (χ1) is 6.40. The van der Waals surface area contributed by atoms with Gasteiger partial charge in [-0.3, -0.25) is 0 Å². The molecule has 0 aliphatic heterocycles. The summed E-state index contributed by atoms with van der Waals surface area (Å²) in [4.78, 5) is 4.23. The van der Waals surface area contributed by atoms with Crippen LogP contribution in [-0.2, 0) is 0 Å². The Labute approximate surface area is 81.6 Å². The molecule has 0 fully saturated rings. The van der Waals surface area contributed by atoms with Crippen molar-refractivity contribution in [2.24, 2.45) is 0 Å². The molecule has 0 spiro atoms. The van der Waals surface area contributed by atoms with Gasteiger partial charge >= 0.3 is 0 Å². The number of nitrogens with zero attached hydrogens (tertiary/aromatic N) is 1. The quantitative estimate of drug-likeness (QED) is 0.808. The molecule has 68 valence electrons. The molecule has 0 radical (unpaired) electrons. The highest BCUT2D eigenvalue weighted by Gasteiger charge is 1.96. The number of anilines is 1. The van der Waals surface area contributed by atoms with E-state index in [-0.39, 0.29) is 0 Å². The average molecular weight is 192 g/mol. The molecule has 0 atom stereocenters. The third-order valence-corrected chi connectivity index (χ3v) is 2.70. The Balaban J connectivity index is 2.26. The summed E-state index contributed by atoms with van der Waals surface area (Å²) in [7, 11) is 0. The van der Waals surface area contributed by atoms with Crippen molar-refractivity contribution in [3.63, 3.8) is 0 Å². The first-order valence-corrected chi connectivity index (χ1v) is 5.35. The maximum Gasteiger partial charge on any atom is 0.0813 e. The minimum Gasteiger partial charge on any atom is -0.385 e. The molecule has 3 heteroatoms. The fraction of sp³-hybridized carbons (Fsp3) is 0.300. The molecule has 2 aromatic rings. The highest BCUT2D eigenvalue weighted by molar-refractivity contribution is 7.16. The van der Waals surface area contributed by atoms with Crippen LogP contribution < -0.4 is 5.32 Å². The smallest absolute Gasteiger partial charge is 0.0813 e. The van der Waals surface area contributed by atoms with Gasteiger partial charge in [0.05, 0.1) is 15.7 Å². The number of aromatic nitrogens is 1. The zero-order valence-corrected chi connectivity index (χ0v) is 8.40. The van der Waals surface area contributed by atoms with Crippen molar-refractivity contribution >= 4 is 27.2 Å². The summed E-state index contributed by atoms with van der Waals surface area (Å²) in [6.45, 7) is 3.20. The largest absolute Gasteiger partial charge is 0.385 e. The monoisotopic (exact) mass is 192 g/mol. The number of benzene rings is 1. The molecule has 0 aliphatic carbocycles. The van der Waals surface area contributed by atoms with Crippen molar-refractivity contribution in [1.29, 1.82) is 0 Å². The molecule has 13 heavy (non-hydrogen) atoms. The Morgan fingerprint density at radius 1 is 1.46 bits per heavy atom. The average Bonchev–Trinajstić information content (AvgIpc) is 2.61. The molecular formula is C10H12N2S. The van der Waals surface area contributed by atoms with Crippen molar-refractivity contribution in [2.45, 2.75) is 13.3 Å². The van der Waals surface area contributed by atoms with Crippen LogP contribution in [-0.4, -0.2) is 11.5 Å². The molecule has 2 nitrogen and oxygen atoms in total. The van der Waals surface area contributed by atoms with Crippen molar-refractivity contribution in [3.05, 3.63) is 23.7 Å². The van der Waals surface area contributed by atoms with Gasteiger partial charge in [0.15, 0.2) is 0 Å². The molecule has 2 rings (SSSR count). The maximum atomic E-state index is 4.23. The lowest BCUT2D eigenvalue weighted by molar-refractivity contribution is 0.980. The number of thiazole rings is 1. The predicted molar refractivity (Wildman–Crippen MR) is 58.4 cm³/mol. The molecule has 0 amide bonds. The van der Waals surface area contributed by atoms with Crippen LogP contribution in [0, 0.1) is 0 Å². The normalized spacial score (nSPS) is 10.5. The van der Waals surface area contributed by atoms with Crippen molar-refractivity contribution < 1.29 is 0 Å². The lowest BCUT2D eigenvalue weighted by Gasteiger charge is -2.03. The molecule has 0 bridgehead atoms. The number of hydrogen-bond donors (Lipinski definition) is 1. The van der Waals surface area contributed by atoms with Crippen LogP contribution in [0.5, 0.6) is 0 Å². The van der Waals surface area contributed by atoms with Crippen LogP contribution in [0.2, 0.25) is 0 Å². The van der Waals surface area contributed by atoms with Crippen molar-refractivity contribution in [2.75, 3.05) is 11.9 Å². The first kappa shape index (κ1) is 8.51. The Kier molecular flexibility index (Phi) is 2.45. The van der Waals surface area contributed by atoms with E-state index in [1.165, 1.54) is 10.4 Å². The molecule has 1 aromatic carbocycles. The van der Waals surface area contributed by atoms with Gasteiger partial charge in [0.2, 0.25) is 0 Å². The van der Waals surface area contributed by atoms with Gasteiger partial charge in [-0.2, -0.15) is 0 Å². The van der Waals surface area contributed by atoms with E-state index in [1.807, 2.05) is 5.51 Å². The van der Waals surface area contributed by atoms with Crippen LogP contribution in [0.15, 0.2) is 23.7 Å². The third kappa shape index (κ3) is 1.80. The summed E-state index contributed by atoms with van der Waals surface area (Å²) in [6, 6.07) is 6.30. The highest BCUT2D eigenvalue weighted by Crippen LogP contribution is 2.21. The summed E-state index contributed by atoms with van der Waals surface area (Å²) in [5.74, 6) is 0. The lowest BCUT2D eigenvalue weighted by atomic mass is 10.3. The van der Waals surface area contributed by atoms with E-state index in [1.54, 1.807) is 11.3 Å². The Bertz CT molecular complexity index is 394. The van der Waals surface area contributed by atoms with E-state index >= 15 is 0 Å². The lowest BCUT2D eigenvalue weighted by Crippen LogP contribution is -1.98. The minimum absolute atomic E-state index is 1.03. The van der Waals surface area contributed by atoms with Gasteiger partial charge in [-0.1, -0.05) is 6.92 Å². The number of nitrogens with one attached hydrogen (secondary N) is 1. The Morgan fingerprint density at radius 2 is 2.38 bits per heavy atom. The number of rotatable bonds is 3. The summed E-state index contributed by atoms with van der Waals surface area (Å²) < 4.78 is 1.25. The fourth-order valence-corrected chi connectivity index (χ4v) is 1.95. The molecule has 0 aliphatic rings. The van der Waals surface area contributed by atoms with E-state index in [4.69, 9.17) is 0 Å². The van der Waals surface area contributed by atoms with E-state index in [9.17, 15) is 0 Å². The van der Waals surface area contributed by atoms with E-state index in [2.05, 4.69) is 35.4 Å². The number of fused-ring (bicyclic) bond motifs is 1. The highest BCUT2D eigenvalue weighted by atomic mass is 32.1. The van der Waals surface area contributed by atoms with Gasteiger partial charge in [-0.25, -0.2) is 4.98 Å². The summed E-state index contributed by atoms with van der Waals surface area (Å²) in [5.41, 5.74) is 4.17. The van der Waals surface area contributed by atoms with Crippen LogP contribution >= 0.6 is 11.3 Å². The standard InChI is InChI=1S/C10H12N2S/c1-2-5-11-8-3-4-9-10(6-8)13-7-12-9/h3-4,6-7,11H,2,5H2,1H3. The van der Waals surface area contributed by atoms with Crippen molar-refractivity contribution in [1.82, 2.24) is 4.98 Å². The molecule has 1 aromatic heterocycles. The second-order valence-electron chi connectivity index (χ2n) is 2.96. The second kappa shape index (κ2) is 3.75. The van der Waals surface area contributed by atoms with Crippen LogP contribution in [0.4, 0.5) is 5.69 Å². The molecule has 0 saturated carbocycles. The second-order valence-corrected chi connectivity index (χ2v) is 3.85. The SMILES string of the molecule is CCCNc1ccc2ncsc2c1. The van der Waals surface area contributed by atoms with Gasteiger partial charge < -0.3 is 5.32 Å². The van der Waals surface area contributed by atoms with Crippen LogP contribution in [0.25, 0.3) is 10.2 Å². The summed E-state index contributed by atoms with van der Waals surface area (Å²) in [6.07, 6.45) is 1.15. The van der Waals surface area contributed by atoms with Crippen LogP contribution in [0.3, 0.4) is 0 Å². The van der Waals surface area contributed by atoms with E-state index < -0.39 is 0 Å². The first-order valence-electron chi connectivity index (χ1n) is 4.47. The van der Waals surface area contributed by atoms with Gasteiger partial charge in [0.1, 0.15) is 0 Å². The Morgan fingerprint density at radius 3 is 3.23 bits per heavy atom. The zero-order chi connectivity index (χ0) is 9.10. The summed E-state index contributed by atoms with van der Waals surface area (Å²) in [5, 5.41) is 3.36. The molecule has 1 heterocycles. The predicted octanol–water partition coefficient (Wildman–Crippen LogP) is 3.12.